The monoisotopic (exact) mass is 272 g/mol. The van der Waals surface area contributed by atoms with Crippen LogP contribution in [-0.4, -0.2) is 36.1 Å². The molecule has 1 N–H and O–H groups in total. The first-order valence-corrected chi connectivity index (χ1v) is 7.13. The maximum Gasteiger partial charge on any atom is 0.308 e. The standard InChI is InChI=1S/C16H20N2O2/c1-20-16(19)12-6-8-18(9-7-12)11-13-10-17-15-5-3-2-4-14(13)15/h2-5,10,12,17H,6-9,11H2,1H3. The average molecular weight is 272 g/mol. The highest BCUT2D eigenvalue weighted by molar-refractivity contribution is 5.83. The molecule has 1 saturated heterocycles. The van der Waals surface area contributed by atoms with Crippen LogP contribution in [0.15, 0.2) is 30.5 Å². The Bertz CT molecular complexity index is 597. The van der Waals surface area contributed by atoms with Gasteiger partial charge in [0.1, 0.15) is 0 Å². The number of hydrogen-bond acceptors (Lipinski definition) is 3. The van der Waals surface area contributed by atoms with Crippen molar-refractivity contribution >= 4 is 16.9 Å². The Labute approximate surface area is 118 Å². The summed E-state index contributed by atoms with van der Waals surface area (Å²) in [5, 5.41) is 1.29. The summed E-state index contributed by atoms with van der Waals surface area (Å²) in [6, 6.07) is 8.37. The number of nitrogens with one attached hydrogen (secondary N) is 1. The lowest BCUT2D eigenvalue weighted by molar-refractivity contribution is -0.147. The summed E-state index contributed by atoms with van der Waals surface area (Å²) < 4.78 is 4.83. The molecule has 106 valence electrons. The van der Waals surface area contributed by atoms with Crippen LogP contribution in [0.4, 0.5) is 0 Å². The number of esters is 1. The van der Waals surface area contributed by atoms with Crippen molar-refractivity contribution in [2.45, 2.75) is 19.4 Å². The van der Waals surface area contributed by atoms with Gasteiger partial charge in [-0.15, -0.1) is 0 Å². The van der Waals surface area contributed by atoms with E-state index >= 15 is 0 Å². The van der Waals surface area contributed by atoms with Gasteiger partial charge < -0.3 is 9.72 Å². The number of benzene rings is 1. The second-order valence-corrected chi connectivity index (χ2v) is 5.43. The number of fused-ring (bicyclic) bond motifs is 1. The largest absolute Gasteiger partial charge is 0.469 e. The topological polar surface area (TPSA) is 45.3 Å². The van der Waals surface area contributed by atoms with E-state index in [1.807, 2.05) is 6.07 Å². The van der Waals surface area contributed by atoms with E-state index in [0.717, 1.165) is 32.5 Å². The number of carbonyl (C=O) groups excluding carboxylic acids is 1. The van der Waals surface area contributed by atoms with Crippen molar-refractivity contribution < 1.29 is 9.53 Å². The summed E-state index contributed by atoms with van der Waals surface area (Å²) in [5.41, 5.74) is 2.52. The van der Waals surface area contributed by atoms with Crippen LogP contribution < -0.4 is 0 Å². The van der Waals surface area contributed by atoms with Crippen LogP contribution >= 0.6 is 0 Å². The summed E-state index contributed by atoms with van der Waals surface area (Å²) in [7, 11) is 1.47. The van der Waals surface area contributed by atoms with E-state index in [4.69, 9.17) is 4.74 Å². The van der Waals surface area contributed by atoms with Gasteiger partial charge in [0.05, 0.1) is 13.0 Å². The SMILES string of the molecule is COC(=O)C1CCN(Cc2c[nH]c3ccccc23)CC1. The molecule has 0 aliphatic carbocycles. The number of para-hydroxylation sites is 1. The van der Waals surface area contributed by atoms with Crippen LogP contribution in [0.5, 0.6) is 0 Å². The molecule has 0 unspecified atom stereocenters. The minimum atomic E-state index is -0.0586. The lowest BCUT2D eigenvalue weighted by Crippen LogP contribution is -2.36. The van der Waals surface area contributed by atoms with Crippen molar-refractivity contribution in [1.29, 1.82) is 0 Å². The molecular weight excluding hydrogens is 252 g/mol. The minimum absolute atomic E-state index is 0.0586. The number of H-pyrrole nitrogens is 1. The first-order chi connectivity index (χ1) is 9.78. The van der Waals surface area contributed by atoms with Gasteiger partial charge in [0.25, 0.3) is 0 Å². The first kappa shape index (κ1) is 13.2. The zero-order valence-corrected chi connectivity index (χ0v) is 11.8. The second-order valence-electron chi connectivity index (χ2n) is 5.43. The molecule has 0 saturated carbocycles. The van der Waals surface area contributed by atoms with Gasteiger partial charge in [-0.1, -0.05) is 18.2 Å². The Kier molecular flexibility index (Phi) is 3.74. The number of rotatable bonds is 3. The van der Waals surface area contributed by atoms with E-state index in [0.29, 0.717) is 0 Å². The minimum Gasteiger partial charge on any atom is -0.469 e. The van der Waals surface area contributed by atoms with Crippen molar-refractivity contribution in [3.63, 3.8) is 0 Å². The summed E-state index contributed by atoms with van der Waals surface area (Å²) >= 11 is 0. The van der Waals surface area contributed by atoms with Crippen molar-refractivity contribution in [3.05, 3.63) is 36.0 Å². The van der Waals surface area contributed by atoms with Crippen molar-refractivity contribution in [2.24, 2.45) is 5.92 Å². The fraction of sp³-hybridized carbons (Fsp3) is 0.438. The predicted molar refractivity (Wildman–Crippen MR) is 78.3 cm³/mol. The van der Waals surface area contributed by atoms with Crippen LogP contribution in [-0.2, 0) is 16.1 Å². The molecule has 20 heavy (non-hydrogen) atoms. The molecule has 0 amide bonds. The lowest BCUT2D eigenvalue weighted by atomic mass is 9.96. The van der Waals surface area contributed by atoms with E-state index in [-0.39, 0.29) is 11.9 Å². The fourth-order valence-electron chi connectivity index (χ4n) is 3.00. The maximum absolute atomic E-state index is 11.5. The van der Waals surface area contributed by atoms with Crippen LogP contribution in [0.1, 0.15) is 18.4 Å². The first-order valence-electron chi connectivity index (χ1n) is 7.13. The molecule has 2 aromatic rings. The molecule has 4 heteroatoms. The van der Waals surface area contributed by atoms with Gasteiger partial charge in [-0.3, -0.25) is 9.69 Å². The quantitative estimate of drug-likeness (QED) is 0.873. The molecule has 1 aromatic carbocycles. The third-order valence-corrected chi connectivity index (χ3v) is 4.19. The van der Waals surface area contributed by atoms with Crippen molar-refractivity contribution in [2.75, 3.05) is 20.2 Å². The Morgan fingerprint density at radius 2 is 2.10 bits per heavy atom. The zero-order chi connectivity index (χ0) is 13.9. The van der Waals surface area contributed by atoms with E-state index in [1.54, 1.807) is 0 Å². The van der Waals surface area contributed by atoms with E-state index in [1.165, 1.54) is 23.6 Å². The third kappa shape index (κ3) is 2.56. The summed E-state index contributed by atoms with van der Waals surface area (Å²) in [5.74, 6) is 0.0240. The van der Waals surface area contributed by atoms with E-state index in [2.05, 4.69) is 34.3 Å². The number of aromatic amines is 1. The number of piperidine rings is 1. The lowest BCUT2D eigenvalue weighted by Gasteiger charge is -2.30. The Balaban J connectivity index is 1.64. The summed E-state index contributed by atoms with van der Waals surface area (Å²) in [6.45, 7) is 2.86. The van der Waals surface area contributed by atoms with Gasteiger partial charge in [-0.05, 0) is 37.6 Å². The predicted octanol–water partition coefficient (Wildman–Crippen LogP) is 2.55. The second kappa shape index (κ2) is 5.67. The van der Waals surface area contributed by atoms with E-state index < -0.39 is 0 Å². The molecule has 3 rings (SSSR count). The van der Waals surface area contributed by atoms with Gasteiger partial charge in [0, 0.05) is 23.6 Å². The van der Waals surface area contributed by atoms with Crippen LogP contribution in [0, 0.1) is 5.92 Å². The van der Waals surface area contributed by atoms with Gasteiger partial charge in [0.2, 0.25) is 0 Å². The van der Waals surface area contributed by atoms with Crippen molar-refractivity contribution in [3.8, 4) is 0 Å². The van der Waals surface area contributed by atoms with Gasteiger partial charge in [0.15, 0.2) is 0 Å². The van der Waals surface area contributed by atoms with Gasteiger partial charge >= 0.3 is 5.97 Å². The van der Waals surface area contributed by atoms with Gasteiger partial charge in [-0.25, -0.2) is 0 Å². The molecule has 0 bridgehead atoms. The molecule has 1 aromatic heterocycles. The third-order valence-electron chi connectivity index (χ3n) is 4.19. The number of nitrogens with zero attached hydrogens (tertiary/aromatic N) is 1. The number of likely N-dealkylation sites (tertiary alicyclic amines) is 1. The number of hydrogen-bond donors (Lipinski definition) is 1. The Morgan fingerprint density at radius 1 is 1.35 bits per heavy atom. The molecule has 0 spiro atoms. The average Bonchev–Trinajstić information content (AvgIpc) is 2.91. The number of ether oxygens (including phenoxy) is 1. The summed E-state index contributed by atoms with van der Waals surface area (Å²) in [6.07, 6.45) is 3.89. The fourth-order valence-corrected chi connectivity index (χ4v) is 3.00. The van der Waals surface area contributed by atoms with E-state index in [9.17, 15) is 4.79 Å². The molecule has 1 fully saturated rings. The molecule has 2 heterocycles. The summed E-state index contributed by atoms with van der Waals surface area (Å²) in [4.78, 5) is 17.2. The van der Waals surface area contributed by atoms with Crippen molar-refractivity contribution in [1.82, 2.24) is 9.88 Å². The number of aromatic nitrogens is 1. The van der Waals surface area contributed by atoms with Gasteiger partial charge in [-0.2, -0.15) is 0 Å². The highest BCUT2D eigenvalue weighted by Gasteiger charge is 2.25. The van der Waals surface area contributed by atoms with Crippen LogP contribution in [0.25, 0.3) is 10.9 Å². The normalized spacial score (nSPS) is 17.4. The number of carbonyl (C=O) groups is 1. The molecule has 0 radical (unpaired) electrons. The molecule has 0 atom stereocenters. The molecule has 1 aliphatic heterocycles. The van der Waals surface area contributed by atoms with Crippen LogP contribution in [0.2, 0.25) is 0 Å². The number of methoxy groups -OCH3 is 1. The Morgan fingerprint density at radius 3 is 2.85 bits per heavy atom. The molecule has 1 aliphatic rings. The zero-order valence-electron chi connectivity index (χ0n) is 11.8. The molecule has 4 nitrogen and oxygen atoms in total. The smallest absolute Gasteiger partial charge is 0.308 e. The Hall–Kier alpha value is -1.81. The van der Waals surface area contributed by atoms with Crippen LogP contribution in [0.3, 0.4) is 0 Å². The molecular formula is C16H20N2O2. The maximum atomic E-state index is 11.5. The highest BCUT2D eigenvalue weighted by Crippen LogP contribution is 2.23. The highest BCUT2D eigenvalue weighted by atomic mass is 16.5.